The van der Waals surface area contributed by atoms with Crippen molar-refractivity contribution in [2.24, 2.45) is 5.92 Å². The molecule has 2 rings (SSSR count). The van der Waals surface area contributed by atoms with Crippen molar-refractivity contribution in [1.82, 2.24) is 4.90 Å². The second kappa shape index (κ2) is 13.4. The van der Waals surface area contributed by atoms with Gasteiger partial charge in [-0.1, -0.05) is 83.3 Å². The van der Waals surface area contributed by atoms with Crippen LogP contribution in [0.25, 0.3) is 0 Å². The Hall–Kier alpha value is -2.26. The molecule has 1 heterocycles. The van der Waals surface area contributed by atoms with Crippen molar-refractivity contribution in [1.29, 1.82) is 0 Å². The maximum atomic E-state index is 12.6. The standard InChI is InChI=1S/C24H35NO7S/c1-2-3-4-5-6-7-8-9-10-11-14-19-17-22(26)25(24(19)28)18-23(27)32-20-15-12-13-16-21(20)33(29,30)31/h12-13,15-16,19H,2-11,14,17-18H2,1H3,(H,29,30,31). The van der Waals surface area contributed by atoms with Crippen molar-refractivity contribution >= 4 is 27.9 Å². The molecule has 0 aromatic heterocycles. The summed E-state index contributed by atoms with van der Waals surface area (Å²) in [6.45, 7) is 1.62. The minimum Gasteiger partial charge on any atom is -0.424 e. The summed E-state index contributed by atoms with van der Waals surface area (Å²) in [7, 11) is -4.59. The van der Waals surface area contributed by atoms with Gasteiger partial charge in [-0.2, -0.15) is 8.42 Å². The first-order valence-electron chi connectivity index (χ1n) is 11.9. The molecule has 1 N–H and O–H groups in total. The lowest BCUT2D eigenvalue weighted by Gasteiger charge is -2.15. The number of unbranched alkanes of at least 4 members (excludes halogenated alkanes) is 9. The van der Waals surface area contributed by atoms with E-state index in [0.717, 1.165) is 30.2 Å². The Bertz CT molecular complexity index is 913. The maximum Gasteiger partial charge on any atom is 0.331 e. The largest absolute Gasteiger partial charge is 0.424 e. The van der Waals surface area contributed by atoms with Crippen LogP contribution >= 0.6 is 0 Å². The van der Waals surface area contributed by atoms with Gasteiger partial charge in [-0.25, -0.2) is 4.79 Å². The van der Waals surface area contributed by atoms with Crippen molar-refractivity contribution in [3.63, 3.8) is 0 Å². The van der Waals surface area contributed by atoms with Gasteiger partial charge in [0.15, 0.2) is 5.75 Å². The van der Waals surface area contributed by atoms with Crippen molar-refractivity contribution in [2.75, 3.05) is 6.54 Å². The quantitative estimate of drug-likeness (QED) is 0.129. The summed E-state index contributed by atoms with van der Waals surface area (Å²) in [6.07, 6.45) is 12.5. The van der Waals surface area contributed by atoms with Crippen molar-refractivity contribution < 1.29 is 32.1 Å². The zero-order valence-corrected chi connectivity index (χ0v) is 20.1. The number of ether oxygens (including phenoxy) is 1. The van der Waals surface area contributed by atoms with E-state index in [1.165, 1.54) is 63.1 Å². The lowest BCUT2D eigenvalue weighted by atomic mass is 9.98. The van der Waals surface area contributed by atoms with Crippen molar-refractivity contribution in [3.05, 3.63) is 24.3 Å². The third kappa shape index (κ3) is 8.89. The minimum atomic E-state index is -4.59. The molecule has 1 fully saturated rings. The number of rotatable bonds is 15. The van der Waals surface area contributed by atoms with Crippen LogP contribution in [0.1, 0.15) is 84.0 Å². The van der Waals surface area contributed by atoms with E-state index < -0.39 is 45.3 Å². The zero-order valence-electron chi connectivity index (χ0n) is 19.3. The van der Waals surface area contributed by atoms with Crippen LogP contribution in [-0.2, 0) is 24.5 Å². The van der Waals surface area contributed by atoms with Gasteiger partial charge in [0.1, 0.15) is 11.4 Å². The molecule has 0 bridgehead atoms. The average molecular weight is 482 g/mol. The second-order valence-electron chi connectivity index (χ2n) is 8.59. The number of carbonyl (C=O) groups is 3. The third-order valence-electron chi connectivity index (χ3n) is 5.88. The normalized spacial score (nSPS) is 16.4. The van der Waals surface area contributed by atoms with E-state index in [9.17, 15) is 27.4 Å². The maximum absolute atomic E-state index is 12.6. The number of hydrogen-bond donors (Lipinski definition) is 1. The molecule has 1 aromatic carbocycles. The summed E-state index contributed by atoms with van der Waals surface area (Å²) in [5.41, 5.74) is 0. The van der Waals surface area contributed by atoms with Crippen LogP contribution < -0.4 is 4.74 Å². The summed E-state index contributed by atoms with van der Waals surface area (Å²) in [5.74, 6) is -2.56. The van der Waals surface area contributed by atoms with Gasteiger partial charge in [0.2, 0.25) is 11.8 Å². The number of imide groups is 1. The highest BCUT2D eigenvalue weighted by Crippen LogP contribution is 2.26. The first-order valence-corrected chi connectivity index (χ1v) is 13.3. The highest BCUT2D eigenvalue weighted by atomic mass is 32.2. The summed E-state index contributed by atoms with van der Waals surface area (Å²) in [5, 5.41) is 0. The van der Waals surface area contributed by atoms with E-state index in [0.29, 0.717) is 6.42 Å². The Morgan fingerprint density at radius 2 is 1.58 bits per heavy atom. The number of para-hydroxylation sites is 1. The number of carbonyl (C=O) groups excluding carboxylic acids is 3. The van der Waals surface area contributed by atoms with Crippen LogP contribution in [0.15, 0.2) is 29.2 Å². The number of esters is 1. The number of likely N-dealkylation sites (tertiary alicyclic amines) is 1. The molecule has 1 aliphatic heterocycles. The molecule has 2 amide bonds. The van der Waals surface area contributed by atoms with Gasteiger partial charge in [0, 0.05) is 12.3 Å². The van der Waals surface area contributed by atoms with E-state index in [-0.39, 0.29) is 12.2 Å². The van der Waals surface area contributed by atoms with Crippen LogP contribution in [0.3, 0.4) is 0 Å². The monoisotopic (exact) mass is 481 g/mol. The van der Waals surface area contributed by atoms with Gasteiger partial charge >= 0.3 is 5.97 Å². The Balaban J connectivity index is 1.73. The molecule has 0 aliphatic carbocycles. The third-order valence-corrected chi connectivity index (χ3v) is 6.77. The van der Waals surface area contributed by atoms with Crippen molar-refractivity contribution in [3.8, 4) is 5.75 Å². The molecule has 1 aliphatic rings. The lowest BCUT2D eigenvalue weighted by molar-refractivity contribution is -0.147. The van der Waals surface area contributed by atoms with Crippen molar-refractivity contribution in [2.45, 2.75) is 88.9 Å². The lowest BCUT2D eigenvalue weighted by Crippen LogP contribution is -2.37. The molecule has 184 valence electrons. The molecule has 9 heteroatoms. The smallest absolute Gasteiger partial charge is 0.331 e. The Morgan fingerprint density at radius 3 is 2.18 bits per heavy atom. The van der Waals surface area contributed by atoms with E-state index in [2.05, 4.69) is 6.92 Å². The summed E-state index contributed by atoms with van der Waals surface area (Å²) in [4.78, 5) is 37.4. The van der Waals surface area contributed by atoms with Gasteiger partial charge in [-0.3, -0.25) is 19.0 Å². The summed E-state index contributed by atoms with van der Waals surface area (Å²) < 4.78 is 37.1. The Morgan fingerprint density at radius 1 is 1.00 bits per heavy atom. The number of amides is 2. The molecule has 1 saturated heterocycles. The zero-order chi connectivity index (χ0) is 24.3. The van der Waals surface area contributed by atoms with Crippen LogP contribution in [0, 0.1) is 5.92 Å². The molecule has 8 nitrogen and oxygen atoms in total. The Kier molecular flexibility index (Phi) is 11.0. The molecular weight excluding hydrogens is 446 g/mol. The van der Waals surface area contributed by atoms with Gasteiger partial charge in [-0.15, -0.1) is 0 Å². The Labute approximate surface area is 196 Å². The molecule has 1 aromatic rings. The predicted molar refractivity (Wildman–Crippen MR) is 123 cm³/mol. The first-order chi connectivity index (χ1) is 15.7. The average Bonchev–Trinajstić information content (AvgIpc) is 3.02. The minimum absolute atomic E-state index is 0.0746. The molecular formula is C24H35NO7S. The SMILES string of the molecule is CCCCCCCCCCCCC1CC(=O)N(CC(=O)Oc2ccccc2S(=O)(=O)O)C1=O. The van der Waals surface area contributed by atoms with Crippen LogP contribution in [-0.4, -0.2) is 42.2 Å². The topological polar surface area (TPSA) is 118 Å². The molecule has 0 spiro atoms. The van der Waals surface area contributed by atoms with Crippen LogP contribution in [0.5, 0.6) is 5.75 Å². The van der Waals surface area contributed by atoms with Gasteiger partial charge in [0.25, 0.3) is 10.1 Å². The van der Waals surface area contributed by atoms with E-state index in [1.54, 1.807) is 0 Å². The number of benzene rings is 1. The van der Waals surface area contributed by atoms with Crippen LogP contribution in [0.2, 0.25) is 0 Å². The molecule has 1 atom stereocenters. The number of nitrogens with zero attached hydrogens (tertiary/aromatic N) is 1. The van der Waals surface area contributed by atoms with E-state index in [4.69, 9.17) is 4.74 Å². The number of hydrogen-bond acceptors (Lipinski definition) is 6. The molecule has 33 heavy (non-hydrogen) atoms. The molecule has 0 radical (unpaired) electrons. The highest BCUT2D eigenvalue weighted by molar-refractivity contribution is 7.86. The van der Waals surface area contributed by atoms with E-state index >= 15 is 0 Å². The fourth-order valence-electron chi connectivity index (χ4n) is 4.05. The molecule has 1 unspecified atom stereocenters. The summed E-state index contributed by atoms with van der Waals surface area (Å²) >= 11 is 0. The molecule has 0 saturated carbocycles. The first kappa shape index (κ1) is 27.0. The van der Waals surface area contributed by atoms with Crippen LogP contribution in [0.4, 0.5) is 0 Å². The summed E-state index contributed by atoms with van der Waals surface area (Å²) in [6, 6.07) is 5.10. The van der Waals surface area contributed by atoms with Gasteiger partial charge < -0.3 is 4.74 Å². The fourth-order valence-corrected chi connectivity index (χ4v) is 4.67. The predicted octanol–water partition coefficient (Wildman–Crippen LogP) is 4.52. The fraction of sp³-hybridized carbons (Fsp3) is 0.625. The van der Waals surface area contributed by atoms with Gasteiger partial charge in [-0.05, 0) is 18.6 Å². The van der Waals surface area contributed by atoms with E-state index in [1.807, 2.05) is 0 Å². The second-order valence-corrected chi connectivity index (χ2v) is 9.98. The highest BCUT2D eigenvalue weighted by Gasteiger charge is 2.39. The van der Waals surface area contributed by atoms with Gasteiger partial charge in [0.05, 0.1) is 0 Å².